The molecule has 0 bridgehead atoms. The minimum atomic E-state index is 0.207. The quantitative estimate of drug-likeness (QED) is 0.867. The van der Waals surface area contributed by atoms with Crippen molar-refractivity contribution in [3.8, 4) is 17.5 Å². The molecule has 6 heteroatoms. The molecule has 1 aliphatic rings. The summed E-state index contributed by atoms with van der Waals surface area (Å²) in [5, 5.41) is 18.9. The van der Waals surface area contributed by atoms with Crippen LogP contribution < -0.4 is 0 Å². The Hall–Kier alpha value is -1.87. The van der Waals surface area contributed by atoms with Crippen molar-refractivity contribution < 1.29 is 0 Å². The van der Waals surface area contributed by atoms with Crippen molar-refractivity contribution >= 4 is 11.8 Å². The molecule has 1 saturated carbocycles. The summed E-state index contributed by atoms with van der Waals surface area (Å²) in [5.41, 5.74) is 0.968. The van der Waals surface area contributed by atoms with Gasteiger partial charge >= 0.3 is 0 Å². The molecule has 2 aromatic heterocycles. The second-order valence-electron chi connectivity index (χ2n) is 4.99. The van der Waals surface area contributed by atoms with E-state index in [-0.39, 0.29) is 5.92 Å². The first kappa shape index (κ1) is 13.1. The number of hydrogen-bond acceptors (Lipinski definition) is 5. The van der Waals surface area contributed by atoms with E-state index in [9.17, 15) is 0 Å². The summed E-state index contributed by atoms with van der Waals surface area (Å²) >= 11 is 1.73. The van der Waals surface area contributed by atoms with E-state index in [0.717, 1.165) is 35.8 Å². The lowest BCUT2D eigenvalue weighted by Gasteiger charge is -2.08. The fourth-order valence-corrected chi connectivity index (χ4v) is 3.69. The maximum atomic E-state index is 8.96. The molecule has 20 heavy (non-hydrogen) atoms. The van der Waals surface area contributed by atoms with Crippen LogP contribution in [0.3, 0.4) is 0 Å². The topological polar surface area (TPSA) is 67.4 Å². The van der Waals surface area contributed by atoms with Gasteiger partial charge < -0.3 is 4.57 Å². The summed E-state index contributed by atoms with van der Waals surface area (Å²) in [4.78, 5) is 4.11. The zero-order valence-electron chi connectivity index (χ0n) is 11.2. The van der Waals surface area contributed by atoms with Gasteiger partial charge in [0.25, 0.3) is 0 Å². The van der Waals surface area contributed by atoms with Crippen LogP contribution in [-0.4, -0.2) is 25.0 Å². The van der Waals surface area contributed by atoms with Gasteiger partial charge in [-0.2, -0.15) is 5.26 Å². The lowest BCUT2D eigenvalue weighted by atomic mass is 10.1. The smallest absolute Gasteiger partial charge is 0.191 e. The molecular weight excluding hydrogens is 270 g/mol. The fraction of sp³-hybridized carbons (Fsp3) is 0.429. The number of pyridine rings is 1. The molecule has 3 rings (SSSR count). The fourth-order valence-electron chi connectivity index (χ4n) is 2.48. The molecule has 0 unspecified atom stereocenters. The highest BCUT2D eigenvalue weighted by atomic mass is 32.2. The van der Waals surface area contributed by atoms with Crippen LogP contribution in [0, 0.1) is 17.2 Å². The number of nitrogens with zero attached hydrogens (tertiary/aromatic N) is 5. The van der Waals surface area contributed by atoms with E-state index >= 15 is 0 Å². The van der Waals surface area contributed by atoms with Crippen molar-refractivity contribution in [2.75, 3.05) is 0 Å². The number of nitriles is 1. The number of rotatable bonds is 3. The molecule has 0 spiro atoms. The molecule has 0 saturated heterocycles. The van der Waals surface area contributed by atoms with Crippen LogP contribution >= 0.6 is 11.8 Å². The zero-order chi connectivity index (χ0) is 13.9. The zero-order valence-corrected chi connectivity index (χ0v) is 12.0. The Balaban J connectivity index is 1.77. The molecule has 0 aliphatic heterocycles. The van der Waals surface area contributed by atoms with Crippen molar-refractivity contribution in [3.63, 3.8) is 0 Å². The van der Waals surface area contributed by atoms with Crippen LogP contribution in [0.25, 0.3) is 11.4 Å². The lowest BCUT2D eigenvalue weighted by molar-refractivity contribution is 0.702. The summed E-state index contributed by atoms with van der Waals surface area (Å²) in [6.07, 6.45) is 6.57. The van der Waals surface area contributed by atoms with Crippen molar-refractivity contribution in [3.05, 3.63) is 24.5 Å². The van der Waals surface area contributed by atoms with Gasteiger partial charge in [-0.05, 0) is 31.4 Å². The monoisotopic (exact) mass is 285 g/mol. The Morgan fingerprint density at radius 3 is 3.00 bits per heavy atom. The first-order chi connectivity index (χ1) is 9.78. The lowest BCUT2D eigenvalue weighted by Crippen LogP contribution is -2.01. The minimum Gasteiger partial charge on any atom is -0.305 e. The normalized spacial score (nSPS) is 21.8. The van der Waals surface area contributed by atoms with E-state index in [1.165, 1.54) is 0 Å². The molecule has 2 heterocycles. The third-order valence-electron chi connectivity index (χ3n) is 3.59. The molecule has 0 radical (unpaired) electrons. The maximum absolute atomic E-state index is 8.96. The summed E-state index contributed by atoms with van der Waals surface area (Å²) in [6, 6.07) is 6.23. The average Bonchev–Trinajstić information content (AvgIpc) is 3.08. The first-order valence-corrected chi connectivity index (χ1v) is 7.52. The van der Waals surface area contributed by atoms with E-state index in [1.807, 2.05) is 23.7 Å². The first-order valence-electron chi connectivity index (χ1n) is 6.64. The molecule has 102 valence electrons. The van der Waals surface area contributed by atoms with Crippen LogP contribution in [0.5, 0.6) is 0 Å². The second kappa shape index (κ2) is 5.63. The summed E-state index contributed by atoms with van der Waals surface area (Å²) in [7, 11) is 1.97. The van der Waals surface area contributed by atoms with E-state index in [2.05, 4.69) is 21.3 Å². The maximum Gasteiger partial charge on any atom is 0.191 e. The third-order valence-corrected chi connectivity index (χ3v) is 4.92. The highest BCUT2D eigenvalue weighted by Crippen LogP contribution is 2.37. The summed E-state index contributed by atoms with van der Waals surface area (Å²) < 4.78 is 2.00. The van der Waals surface area contributed by atoms with Crippen LogP contribution in [0.15, 0.2) is 29.7 Å². The predicted octanol–water partition coefficient (Wildman–Crippen LogP) is 2.66. The molecule has 0 N–H and O–H groups in total. The SMILES string of the molecule is Cn1c(S[C@@H]2CC[C@H](C#N)C2)nnc1-c1cccnc1. The van der Waals surface area contributed by atoms with Crippen molar-refractivity contribution in [1.29, 1.82) is 5.26 Å². The van der Waals surface area contributed by atoms with Gasteiger partial charge in [-0.15, -0.1) is 10.2 Å². The summed E-state index contributed by atoms with van der Waals surface area (Å²) in [6.45, 7) is 0. The van der Waals surface area contributed by atoms with E-state index in [1.54, 1.807) is 24.2 Å². The molecule has 1 aliphatic carbocycles. The number of aromatic nitrogens is 4. The Kier molecular flexibility index (Phi) is 3.70. The van der Waals surface area contributed by atoms with Crippen molar-refractivity contribution in [2.24, 2.45) is 13.0 Å². The minimum absolute atomic E-state index is 0.207. The summed E-state index contributed by atoms with van der Waals surface area (Å²) in [5.74, 6) is 1.04. The van der Waals surface area contributed by atoms with E-state index in [4.69, 9.17) is 5.26 Å². The van der Waals surface area contributed by atoms with E-state index in [0.29, 0.717) is 5.25 Å². The van der Waals surface area contributed by atoms with Gasteiger partial charge in [0.1, 0.15) is 0 Å². The molecule has 0 amide bonds. The average molecular weight is 285 g/mol. The van der Waals surface area contributed by atoms with Crippen molar-refractivity contribution in [2.45, 2.75) is 29.7 Å². The van der Waals surface area contributed by atoms with Gasteiger partial charge in [0.2, 0.25) is 0 Å². The molecule has 2 atom stereocenters. The second-order valence-corrected chi connectivity index (χ2v) is 6.25. The van der Waals surface area contributed by atoms with Crippen LogP contribution in [0.1, 0.15) is 19.3 Å². The van der Waals surface area contributed by atoms with Gasteiger partial charge in [0.05, 0.1) is 6.07 Å². The van der Waals surface area contributed by atoms with Crippen LogP contribution in [0.4, 0.5) is 0 Å². The standard InChI is InChI=1S/C14H15N5S/c1-19-13(11-3-2-6-16-9-11)17-18-14(19)20-12-5-4-10(7-12)8-15/h2-3,6,9-10,12H,4-5,7H2,1H3/t10-,12+/m0/s1. The number of hydrogen-bond donors (Lipinski definition) is 0. The van der Waals surface area contributed by atoms with Gasteiger partial charge in [0.15, 0.2) is 11.0 Å². The van der Waals surface area contributed by atoms with Crippen LogP contribution in [-0.2, 0) is 7.05 Å². The van der Waals surface area contributed by atoms with Gasteiger partial charge in [-0.3, -0.25) is 4.98 Å². The van der Waals surface area contributed by atoms with Gasteiger partial charge in [-0.1, -0.05) is 11.8 Å². The third kappa shape index (κ3) is 2.54. The molecule has 2 aromatic rings. The predicted molar refractivity (Wildman–Crippen MR) is 76.8 cm³/mol. The van der Waals surface area contributed by atoms with Gasteiger partial charge in [0, 0.05) is 36.2 Å². The number of thioether (sulfide) groups is 1. The Labute approximate surface area is 122 Å². The van der Waals surface area contributed by atoms with Gasteiger partial charge in [-0.25, -0.2) is 0 Å². The highest BCUT2D eigenvalue weighted by molar-refractivity contribution is 7.99. The van der Waals surface area contributed by atoms with E-state index < -0.39 is 0 Å². The van der Waals surface area contributed by atoms with Crippen molar-refractivity contribution in [1.82, 2.24) is 19.7 Å². The van der Waals surface area contributed by atoms with Crippen LogP contribution in [0.2, 0.25) is 0 Å². The molecular formula is C14H15N5S. The molecule has 0 aromatic carbocycles. The molecule has 1 fully saturated rings. The Bertz CT molecular complexity index is 631. The Morgan fingerprint density at radius 1 is 1.40 bits per heavy atom. The molecule has 5 nitrogen and oxygen atoms in total. The Morgan fingerprint density at radius 2 is 2.30 bits per heavy atom. The largest absolute Gasteiger partial charge is 0.305 e. The highest BCUT2D eigenvalue weighted by Gasteiger charge is 2.27.